The van der Waals surface area contributed by atoms with Crippen molar-refractivity contribution < 1.29 is 30.5 Å². The lowest BCUT2D eigenvalue weighted by molar-refractivity contribution is 0.669. The van der Waals surface area contributed by atoms with Gasteiger partial charge >= 0.3 is 0 Å². The first kappa shape index (κ1) is 18.2. The molecule has 12 aromatic rings. The Morgan fingerprint density at radius 1 is 0.386 bits per heavy atom. The molecule has 0 radical (unpaired) electrons. The molecule has 0 fully saturated rings. The molecule has 266 valence electrons. The Kier molecular flexibility index (Phi) is 3.94. The van der Waals surface area contributed by atoms with Crippen LogP contribution in [0.5, 0.6) is 0 Å². The lowest BCUT2D eigenvalue weighted by Crippen LogP contribution is -2.10. The third-order valence-electron chi connectivity index (χ3n) is 9.87. The SMILES string of the molecule is [2H]c1cc(-c2c([2H])c([2H])c3c4c([2H])c([2H])c([2H])c([2H])c4n(-c4nc(-c5ccc(-c6ccc7oc8ccccc8c7c6)cc5)nc(-n5c6c([2H])c([2H])c([2H])c([2H])c6c6c([2H])c([2H])c([2H])c([2H])c65)n4)c3c2[2H])c([2H])c([2H])c1[2H]. The lowest BCUT2D eigenvalue weighted by Gasteiger charge is -2.13. The fraction of sp³-hybridized carbons (Fsp3) is 0. The molecule has 0 unspecified atom stereocenters. The summed E-state index contributed by atoms with van der Waals surface area (Å²) in [5.41, 5.74) is 0.822. The normalized spacial score (nSPS) is 16.5. The second-order valence-corrected chi connectivity index (χ2v) is 13.0. The fourth-order valence-corrected chi connectivity index (χ4v) is 7.28. The van der Waals surface area contributed by atoms with E-state index < -0.39 is 143 Å². The van der Waals surface area contributed by atoms with Gasteiger partial charge in [0.2, 0.25) is 11.9 Å². The second-order valence-electron chi connectivity index (χ2n) is 13.0. The average Bonchev–Trinajstić information content (AvgIpc) is 4.16. The van der Waals surface area contributed by atoms with Crippen molar-refractivity contribution in [2.75, 3.05) is 0 Å². The summed E-state index contributed by atoms with van der Waals surface area (Å²) >= 11 is 0. The molecular formula is C51H31N5O. The number of para-hydroxylation sites is 4. The predicted molar refractivity (Wildman–Crippen MR) is 232 cm³/mol. The van der Waals surface area contributed by atoms with Crippen molar-refractivity contribution in [2.45, 2.75) is 0 Å². The fourth-order valence-electron chi connectivity index (χ4n) is 7.28. The number of furan rings is 1. The molecule has 12 rings (SSSR count). The number of aromatic nitrogens is 5. The zero-order chi connectivity index (χ0) is 54.0. The van der Waals surface area contributed by atoms with Crippen molar-refractivity contribution in [3.63, 3.8) is 0 Å². The number of rotatable bonds is 5. The second kappa shape index (κ2) is 12.3. The van der Waals surface area contributed by atoms with Crippen LogP contribution in [0.1, 0.15) is 26.0 Å². The Balaban J connectivity index is 1.23. The van der Waals surface area contributed by atoms with Gasteiger partial charge in [0.15, 0.2) is 5.82 Å². The van der Waals surface area contributed by atoms with Crippen LogP contribution >= 0.6 is 0 Å². The number of fused-ring (bicyclic) bond motifs is 9. The van der Waals surface area contributed by atoms with Gasteiger partial charge in [-0.05, 0) is 64.6 Å². The topological polar surface area (TPSA) is 61.7 Å². The highest BCUT2D eigenvalue weighted by Gasteiger charge is 2.21. The Morgan fingerprint density at radius 2 is 0.965 bits per heavy atom. The molecule has 57 heavy (non-hydrogen) atoms. The first-order valence-electron chi connectivity index (χ1n) is 27.1. The minimum absolute atomic E-state index is 0.206. The lowest BCUT2D eigenvalue weighted by atomic mass is 10.0. The van der Waals surface area contributed by atoms with Crippen LogP contribution < -0.4 is 0 Å². The van der Waals surface area contributed by atoms with E-state index in [1.807, 2.05) is 42.5 Å². The van der Waals surface area contributed by atoms with Crippen molar-refractivity contribution in [3.8, 4) is 45.5 Å². The summed E-state index contributed by atoms with van der Waals surface area (Å²) in [4.78, 5) is 14.5. The number of hydrogen-bond donors (Lipinski definition) is 0. The van der Waals surface area contributed by atoms with Crippen LogP contribution in [-0.2, 0) is 0 Å². The Bertz CT molecular complexity index is 4570. The van der Waals surface area contributed by atoms with Crippen LogP contribution in [-0.4, -0.2) is 24.1 Å². The Labute approximate surface area is 353 Å². The van der Waals surface area contributed by atoms with Gasteiger partial charge in [0, 0.05) is 37.9 Å². The van der Waals surface area contributed by atoms with Gasteiger partial charge in [-0.3, -0.25) is 9.13 Å². The van der Waals surface area contributed by atoms with E-state index in [4.69, 9.17) is 35.8 Å². The molecule has 0 N–H and O–H groups in total. The van der Waals surface area contributed by atoms with Gasteiger partial charge in [-0.2, -0.15) is 15.0 Å². The molecule has 0 saturated heterocycles. The van der Waals surface area contributed by atoms with Gasteiger partial charge in [0.05, 0.1) is 48.1 Å². The van der Waals surface area contributed by atoms with Crippen molar-refractivity contribution in [1.82, 2.24) is 24.1 Å². The summed E-state index contributed by atoms with van der Waals surface area (Å²) in [6.45, 7) is 0. The standard InChI is InChI=1S/C51H31N5O/c1-2-12-32(13-3-1)36-26-28-40-39-16-6-10-20-45(39)56(46(40)31-36)51-53-49(52-50(54-51)55-43-18-8-4-14-37(43)38-15-5-9-19-44(38)55)34-24-22-33(23-25-34)35-27-29-48-42(30-35)41-17-7-11-21-47(41)57-48/h1-31H/i1D,2D,3D,4D,5D,6D,8D,9D,10D,12D,14D,15D,16D,18D,19D,20D,26D,28D,31D. The van der Waals surface area contributed by atoms with Crippen molar-refractivity contribution in [3.05, 3.63) is 188 Å². The highest BCUT2D eigenvalue weighted by atomic mass is 16.3. The maximum atomic E-state index is 9.84. The monoisotopic (exact) mass is 748 g/mol. The van der Waals surface area contributed by atoms with Crippen LogP contribution in [0.25, 0.3) is 111 Å². The molecule has 4 heterocycles. The van der Waals surface area contributed by atoms with Crippen LogP contribution in [0.15, 0.2) is 192 Å². The third kappa shape index (κ3) is 4.94. The largest absolute Gasteiger partial charge is 0.456 e. The molecule has 6 heteroatoms. The van der Waals surface area contributed by atoms with Crippen LogP contribution in [0, 0.1) is 0 Å². The molecule has 0 atom stereocenters. The van der Waals surface area contributed by atoms with E-state index in [1.54, 1.807) is 24.3 Å². The molecule has 6 nitrogen and oxygen atoms in total. The van der Waals surface area contributed by atoms with E-state index in [0.717, 1.165) is 37.1 Å². The molecule has 0 spiro atoms. The highest BCUT2D eigenvalue weighted by molar-refractivity contribution is 6.11. The molecular weight excluding hydrogens is 699 g/mol. The summed E-state index contributed by atoms with van der Waals surface area (Å²) < 4.78 is 178. The van der Waals surface area contributed by atoms with Gasteiger partial charge in [-0.15, -0.1) is 0 Å². The Hall–Kier alpha value is -7.83. The van der Waals surface area contributed by atoms with Gasteiger partial charge in [0.1, 0.15) is 11.2 Å². The zero-order valence-electron chi connectivity index (χ0n) is 48.1. The molecule has 4 aromatic heterocycles. The minimum atomic E-state index is -0.760. The summed E-state index contributed by atoms with van der Waals surface area (Å²) in [6, 6.07) is 8.16. The van der Waals surface area contributed by atoms with E-state index in [-0.39, 0.29) is 49.5 Å². The minimum Gasteiger partial charge on any atom is -0.456 e. The molecule has 0 aliphatic heterocycles. The molecule has 0 bridgehead atoms. The van der Waals surface area contributed by atoms with Gasteiger partial charge < -0.3 is 4.42 Å². The smallest absolute Gasteiger partial charge is 0.240 e. The molecule has 0 amide bonds. The van der Waals surface area contributed by atoms with Crippen molar-refractivity contribution in [1.29, 1.82) is 0 Å². The van der Waals surface area contributed by atoms with Gasteiger partial charge in [-0.25, -0.2) is 0 Å². The van der Waals surface area contributed by atoms with Crippen LogP contribution in [0.3, 0.4) is 0 Å². The maximum Gasteiger partial charge on any atom is 0.240 e. The molecule has 0 aliphatic rings. The molecule has 0 saturated carbocycles. The maximum absolute atomic E-state index is 9.84. The average molecular weight is 749 g/mol. The van der Waals surface area contributed by atoms with Crippen LogP contribution in [0.4, 0.5) is 0 Å². The van der Waals surface area contributed by atoms with E-state index in [1.165, 1.54) is 0 Å². The number of benzene rings is 8. The first-order chi connectivity index (χ1) is 36.1. The van der Waals surface area contributed by atoms with Gasteiger partial charge in [0.25, 0.3) is 0 Å². The predicted octanol–water partition coefficient (Wildman–Crippen LogP) is 13.0. The summed E-state index contributed by atoms with van der Waals surface area (Å²) in [7, 11) is 0. The van der Waals surface area contributed by atoms with E-state index in [2.05, 4.69) is 0 Å². The van der Waals surface area contributed by atoms with Crippen molar-refractivity contribution in [2.24, 2.45) is 0 Å². The highest BCUT2D eigenvalue weighted by Crippen LogP contribution is 2.37. The van der Waals surface area contributed by atoms with Gasteiger partial charge in [-0.1, -0.05) is 145 Å². The third-order valence-corrected chi connectivity index (χ3v) is 9.87. The summed E-state index contributed by atoms with van der Waals surface area (Å²) in [6.07, 6.45) is 0. The van der Waals surface area contributed by atoms with E-state index in [0.29, 0.717) is 11.2 Å². The quantitative estimate of drug-likeness (QED) is 0.176. The number of nitrogens with zero attached hydrogens (tertiary/aromatic N) is 5. The zero-order valence-corrected chi connectivity index (χ0v) is 29.1. The summed E-state index contributed by atoms with van der Waals surface area (Å²) in [5.74, 6) is -1.28. The van der Waals surface area contributed by atoms with E-state index in [9.17, 15) is 9.60 Å². The van der Waals surface area contributed by atoms with Crippen molar-refractivity contribution >= 4 is 65.6 Å². The molecule has 0 aliphatic carbocycles. The van der Waals surface area contributed by atoms with Crippen LogP contribution in [0.2, 0.25) is 0 Å². The molecule has 8 aromatic carbocycles. The number of hydrogen-bond acceptors (Lipinski definition) is 4. The summed E-state index contributed by atoms with van der Waals surface area (Å²) in [5, 5.41) is 0.474. The first-order valence-corrected chi connectivity index (χ1v) is 17.6. The Morgan fingerprint density at radius 3 is 1.68 bits per heavy atom. The van der Waals surface area contributed by atoms with E-state index >= 15 is 0 Å².